The van der Waals surface area contributed by atoms with E-state index in [0.717, 1.165) is 25.9 Å². The number of piperidine rings is 1. The lowest BCUT2D eigenvalue weighted by Crippen LogP contribution is -2.41. The van der Waals surface area contributed by atoms with Gasteiger partial charge >= 0.3 is 0 Å². The first kappa shape index (κ1) is 14.0. The lowest BCUT2D eigenvalue weighted by atomic mass is 10.1. The minimum absolute atomic E-state index is 0.0596. The summed E-state index contributed by atoms with van der Waals surface area (Å²) in [7, 11) is 0. The second-order valence-corrected chi connectivity index (χ2v) is 4.73. The van der Waals surface area contributed by atoms with Gasteiger partial charge in [0.2, 0.25) is 5.91 Å². The summed E-state index contributed by atoms with van der Waals surface area (Å²) in [5.74, 6) is 0.189. The fourth-order valence-electron chi connectivity index (χ4n) is 2.29. The SMILES string of the molecule is O=C(CCn1ccnc1)N1CCC(OCCO)CC1. The minimum Gasteiger partial charge on any atom is -0.394 e. The molecule has 1 aliphatic rings. The van der Waals surface area contributed by atoms with Gasteiger partial charge in [-0.05, 0) is 12.8 Å². The van der Waals surface area contributed by atoms with Crippen molar-refractivity contribution in [2.24, 2.45) is 0 Å². The minimum atomic E-state index is 0.0596. The zero-order valence-electron chi connectivity index (χ0n) is 11.1. The highest BCUT2D eigenvalue weighted by Crippen LogP contribution is 2.14. The smallest absolute Gasteiger partial charge is 0.224 e. The molecular formula is C13H21N3O3. The van der Waals surface area contributed by atoms with Crippen LogP contribution in [0.3, 0.4) is 0 Å². The van der Waals surface area contributed by atoms with Crippen molar-refractivity contribution < 1.29 is 14.6 Å². The highest BCUT2D eigenvalue weighted by Gasteiger charge is 2.22. The Kier molecular flexibility index (Phi) is 5.35. The Morgan fingerprint density at radius 3 is 2.84 bits per heavy atom. The zero-order chi connectivity index (χ0) is 13.5. The molecule has 0 radical (unpaired) electrons. The molecule has 0 aromatic carbocycles. The number of ether oxygens (including phenoxy) is 1. The number of likely N-dealkylation sites (tertiary alicyclic amines) is 1. The third-order valence-corrected chi connectivity index (χ3v) is 3.38. The normalized spacial score (nSPS) is 16.8. The van der Waals surface area contributed by atoms with Crippen molar-refractivity contribution in [3.05, 3.63) is 18.7 Å². The van der Waals surface area contributed by atoms with Crippen molar-refractivity contribution in [2.45, 2.75) is 31.9 Å². The van der Waals surface area contributed by atoms with Crippen LogP contribution in [-0.4, -0.2) is 57.9 Å². The second kappa shape index (κ2) is 7.25. The number of carbonyl (C=O) groups is 1. The predicted molar refractivity (Wildman–Crippen MR) is 69.5 cm³/mol. The van der Waals surface area contributed by atoms with Crippen LogP contribution in [0, 0.1) is 0 Å². The maximum atomic E-state index is 12.0. The number of aromatic nitrogens is 2. The lowest BCUT2D eigenvalue weighted by Gasteiger charge is -2.32. The lowest BCUT2D eigenvalue weighted by molar-refractivity contribution is -0.134. The maximum absolute atomic E-state index is 12.0. The molecule has 1 aromatic heterocycles. The Hall–Kier alpha value is -1.40. The van der Waals surface area contributed by atoms with Crippen LogP contribution >= 0.6 is 0 Å². The van der Waals surface area contributed by atoms with Crippen LogP contribution in [0.5, 0.6) is 0 Å². The van der Waals surface area contributed by atoms with E-state index in [1.165, 1.54) is 0 Å². The number of hydrogen-bond donors (Lipinski definition) is 1. The number of aliphatic hydroxyl groups excluding tert-OH is 1. The maximum Gasteiger partial charge on any atom is 0.224 e. The fraction of sp³-hybridized carbons (Fsp3) is 0.692. The number of amides is 1. The molecule has 0 atom stereocenters. The number of rotatable bonds is 6. The molecule has 6 nitrogen and oxygen atoms in total. The van der Waals surface area contributed by atoms with Gasteiger partial charge in [0, 0.05) is 38.4 Å². The summed E-state index contributed by atoms with van der Waals surface area (Å²) < 4.78 is 7.39. The van der Waals surface area contributed by atoms with E-state index in [9.17, 15) is 4.79 Å². The van der Waals surface area contributed by atoms with E-state index in [4.69, 9.17) is 9.84 Å². The van der Waals surface area contributed by atoms with Crippen LogP contribution in [0.2, 0.25) is 0 Å². The average Bonchev–Trinajstić information content (AvgIpc) is 2.96. The Bertz CT molecular complexity index is 372. The molecule has 106 valence electrons. The van der Waals surface area contributed by atoms with Crippen molar-refractivity contribution in [1.29, 1.82) is 0 Å². The first-order valence-electron chi connectivity index (χ1n) is 6.75. The topological polar surface area (TPSA) is 67.6 Å². The molecule has 0 spiro atoms. The van der Waals surface area contributed by atoms with E-state index in [1.54, 1.807) is 12.5 Å². The standard InChI is InChI=1S/C13H21N3O3/c17-9-10-19-12-1-6-16(7-2-12)13(18)3-5-15-8-4-14-11-15/h4,8,11-12,17H,1-3,5-7,9-10H2. The van der Waals surface area contributed by atoms with E-state index in [-0.39, 0.29) is 18.6 Å². The summed E-state index contributed by atoms with van der Waals surface area (Å²) in [6.07, 6.45) is 7.72. The second-order valence-electron chi connectivity index (χ2n) is 4.73. The summed E-state index contributed by atoms with van der Waals surface area (Å²) in [4.78, 5) is 17.9. The van der Waals surface area contributed by atoms with Crippen LogP contribution in [0.15, 0.2) is 18.7 Å². The van der Waals surface area contributed by atoms with E-state index < -0.39 is 0 Å². The summed E-state index contributed by atoms with van der Waals surface area (Å²) >= 11 is 0. The molecule has 0 saturated carbocycles. The number of nitrogens with zero attached hydrogens (tertiary/aromatic N) is 3. The van der Waals surface area contributed by atoms with E-state index in [2.05, 4.69) is 4.98 Å². The number of aryl methyl sites for hydroxylation is 1. The molecule has 6 heteroatoms. The molecular weight excluding hydrogens is 246 g/mol. The average molecular weight is 267 g/mol. The summed E-state index contributed by atoms with van der Waals surface area (Å²) in [6.45, 7) is 2.63. The van der Waals surface area contributed by atoms with Crippen LogP contribution in [-0.2, 0) is 16.1 Å². The van der Waals surface area contributed by atoms with Crippen LogP contribution < -0.4 is 0 Å². The van der Waals surface area contributed by atoms with Gasteiger partial charge in [0.25, 0.3) is 0 Å². The molecule has 1 aliphatic heterocycles. The molecule has 1 amide bonds. The Morgan fingerprint density at radius 2 is 2.21 bits per heavy atom. The Labute approximate surface area is 113 Å². The largest absolute Gasteiger partial charge is 0.394 e. The molecule has 1 N–H and O–H groups in total. The van der Waals surface area contributed by atoms with Crippen molar-refractivity contribution in [3.63, 3.8) is 0 Å². The van der Waals surface area contributed by atoms with Gasteiger partial charge in [-0.1, -0.05) is 0 Å². The van der Waals surface area contributed by atoms with Gasteiger partial charge in [-0.25, -0.2) is 4.98 Å². The van der Waals surface area contributed by atoms with Gasteiger partial charge in [0.05, 0.1) is 25.6 Å². The van der Waals surface area contributed by atoms with Gasteiger partial charge in [-0.2, -0.15) is 0 Å². The number of imidazole rings is 1. The molecule has 1 aromatic rings. The number of hydrogen-bond acceptors (Lipinski definition) is 4. The van der Waals surface area contributed by atoms with Crippen molar-refractivity contribution in [1.82, 2.24) is 14.5 Å². The molecule has 1 saturated heterocycles. The molecule has 19 heavy (non-hydrogen) atoms. The monoisotopic (exact) mass is 267 g/mol. The van der Waals surface area contributed by atoms with Crippen LogP contribution in [0.25, 0.3) is 0 Å². The summed E-state index contributed by atoms with van der Waals surface area (Å²) in [5, 5.41) is 8.70. The molecule has 0 aliphatic carbocycles. The molecule has 2 heterocycles. The van der Waals surface area contributed by atoms with Crippen LogP contribution in [0.4, 0.5) is 0 Å². The summed E-state index contributed by atoms with van der Waals surface area (Å²) in [5.41, 5.74) is 0. The molecule has 2 rings (SSSR count). The molecule has 1 fully saturated rings. The molecule has 0 bridgehead atoms. The van der Waals surface area contributed by atoms with Crippen molar-refractivity contribution >= 4 is 5.91 Å². The predicted octanol–water partition coefficient (Wildman–Crippen LogP) is 0.273. The quantitative estimate of drug-likeness (QED) is 0.803. The van der Waals surface area contributed by atoms with E-state index in [0.29, 0.717) is 19.6 Å². The Balaban J connectivity index is 1.67. The summed E-state index contributed by atoms with van der Waals surface area (Å²) in [6, 6.07) is 0. The van der Waals surface area contributed by atoms with Crippen LogP contribution in [0.1, 0.15) is 19.3 Å². The van der Waals surface area contributed by atoms with Crippen molar-refractivity contribution in [3.8, 4) is 0 Å². The van der Waals surface area contributed by atoms with E-state index >= 15 is 0 Å². The third-order valence-electron chi connectivity index (χ3n) is 3.38. The van der Waals surface area contributed by atoms with Gasteiger partial charge < -0.3 is 19.3 Å². The van der Waals surface area contributed by atoms with Gasteiger partial charge in [0.1, 0.15) is 0 Å². The number of carbonyl (C=O) groups excluding carboxylic acids is 1. The zero-order valence-corrected chi connectivity index (χ0v) is 11.1. The van der Waals surface area contributed by atoms with Gasteiger partial charge in [-0.15, -0.1) is 0 Å². The number of aliphatic hydroxyl groups is 1. The van der Waals surface area contributed by atoms with Gasteiger partial charge in [-0.3, -0.25) is 4.79 Å². The first-order valence-corrected chi connectivity index (χ1v) is 6.75. The fourth-order valence-corrected chi connectivity index (χ4v) is 2.29. The molecule has 0 unspecified atom stereocenters. The first-order chi connectivity index (χ1) is 9.29. The van der Waals surface area contributed by atoms with Crippen molar-refractivity contribution in [2.75, 3.05) is 26.3 Å². The van der Waals surface area contributed by atoms with E-state index in [1.807, 2.05) is 15.7 Å². The highest BCUT2D eigenvalue weighted by atomic mass is 16.5. The Morgan fingerprint density at radius 1 is 1.42 bits per heavy atom. The third kappa shape index (κ3) is 4.33. The highest BCUT2D eigenvalue weighted by molar-refractivity contribution is 5.76. The van der Waals surface area contributed by atoms with Gasteiger partial charge in [0.15, 0.2) is 0 Å².